The van der Waals surface area contributed by atoms with Gasteiger partial charge in [-0.3, -0.25) is 14.4 Å². The summed E-state index contributed by atoms with van der Waals surface area (Å²) in [7, 11) is 0. The van der Waals surface area contributed by atoms with Crippen LogP contribution in [0.2, 0.25) is 0 Å². The van der Waals surface area contributed by atoms with Gasteiger partial charge < -0.3 is 15.7 Å². The van der Waals surface area contributed by atoms with Gasteiger partial charge in [0.25, 0.3) is 5.91 Å². The van der Waals surface area contributed by atoms with Crippen molar-refractivity contribution >= 4 is 17.8 Å². The molecule has 1 aromatic carbocycles. The lowest BCUT2D eigenvalue weighted by Crippen LogP contribution is -2.44. The lowest BCUT2D eigenvalue weighted by molar-refractivity contribution is -0.150. The minimum atomic E-state index is -0.835. The summed E-state index contributed by atoms with van der Waals surface area (Å²) in [6.45, 7) is 0.625. The Hall–Kier alpha value is -2.37. The van der Waals surface area contributed by atoms with Crippen molar-refractivity contribution in [2.24, 2.45) is 11.3 Å². The number of aliphatic carboxylic acids is 1. The molecule has 0 aromatic heterocycles. The number of carboxylic acids is 1. The van der Waals surface area contributed by atoms with Crippen LogP contribution in [0, 0.1) is 11.3 Å². The van der Waals surface area contributed by atoms with Crippen LogP contribution in [0.5, 0.6) is 0 Å². The zero-order valence-electron chi connectivity index (χ0n) is 16.3. The Morgan fingerprint density at radius 1 is 0.929 bits per heavy atom. The summed E-state index contributed by atoms with van der Waals surface area (Å²) in [6.07, 6.45) is 8.28. The standard InChI is InChI=1S/C22H30N2O4/c25-19(17-6-2-3-7-17)23-14-16-8-10-18(11-9-16)20(26)24-15-22(21(27)28)12-4-1-5-13-22/h8-11,17H,1-7,12-15H2,(H,23,25)(H,24,26)(H,27,28). The highest BCUT2D eigenvalue weighted by atomic mass is 16.4. The summed E-state index contributed by atoms with van der Waals surface area (Å²) in [4.78, 5) is 36.2. The highest BCUT2D eigenvalue weighted by molar-refractivity contribution is 5.94. The van der Waals surface area contributed by atoms with Gasteiger partial charge in [0.2, 0.25) is 5.91 Å². The molecule has 0 aliphatic heterocycles. The van der Waals surface area contributed by atoms with Gasteiger partial charge in [0.05, 0.1) is 5.41 Å². The Morgan fingerprint density at radius 2 is 1.57 bits per heavy atom. The number of carbonyl (C=O) groups excluding carboxylic acids is 2. The van der Waals surface area contributed by atoms with Gasteiger partial charge in [-0.25, -0.2) is 0 Å². The third-order valence-electron chi connectivity index (χ3n) is 6.26. The minimum Gasteiger partial charge on any atom is -0.481 e. The van der Waals surface area contributed by atoms with Crippen LogP contribution in [0.25, 0.3) is 0 Å². The fourth-order valence-corrected chi connectivity index (χ4v) is 4.34. The molecule has 2 saturated carbocycles. The molecule has 2 aliphatic rings. The molecule has 3 N–H and O–H groups in total. The summed E-state index contributed by atoms with van der Waals surface area (Å²) in [5.41, 5.74) is 0.609. The molecule has 152 valence electrons. The SMILES string of the molecule is O=C(NCC1(C(=O)O)CCCCC1)c1ccc(CNC(=O)C2CCCC2)cc1. The first-order chi connectivity index (χ1) is 13.5. The van der Waals surface area contributed by atoms with Crippen molar-refractivity contribution in [1.29, 1.82) is 0 Å². The van der Waals surface area contributed by atoms with Crippen LogP contribution >= 0.6 is 0 Å². The summed E-state index contributed by atoms with van der Waals surface area (Å²) in [5, 5.41) is 15.4. The molecule has 0 spiro atoms. The molecule has 2 fully saturated rings. The molecule has 0 radical (unpaired) electrons. The number of carbonyl (C=O) groups is 3. The summed E-state index contributed by atoms with van der Waals surface area (Å²) in [6, 6.07) is 7.11. The third kappa shape index (κ3) is 4.91. The number of hydrogen-bond donors (Lipinski definition) is 3. The lowest BCUT2D eigenvalue weighted by Gasteiger charge is -2.33. The van der Waals surface area contributed by atoms with Gasteiger partial charge in [0, 0.05) is 24.6 Å². The van der Waals surface area contributed by atoms with Crippen molar-refractivity contribution in [2.75, 3.05) is 6.54 Å². The van der Waals surface area contributed by atoms with Crippen LogP contribution in [0.1, 0.15) is 73.7 Å². The third-order valence-corrected chi connectivity index (χ3v) is 6.26. The number of carboxylic acid groups (broad SMARTS) is 1. The van der Waals surface area contributed by atoms with Crippen molar-refractivity contribution in [3.05, 3.63) is 35.4 Å². The quantitative estimate of drug-likeness (QED) is 0.670. The average Bonchev–Trinajstić information content (AvgIpc) is 3.26. The van der Waals surface area contributed by atoms with E-state index < -0.39 is 11.4 Å². The van der Waals surface area contributed by atoms with Gasteiger partial charge in [-0.2, -0.15) is 0 Å². The molecule has 0 bridgehead atoms. The van der Waals surface area contributed by atoms with E-state index in [2.05, 4.69) is 10.6 Å². The zero-order valence-corrected chi connectivity index (χ0v) is 16.3. The molecular formula is C22H30N2O4. The predicted molar refractivity (Wildman–Crippen MR) is 106 cm³/mol. The van der Waals surface area contributed by atoms with Crippen LogP contribution < -0.4 is 10.6 Å². The van der Waals surface area contributed by atoms with E-state index in [4.69, 9.17) is 0 Å². The zero-order chi connectivity index (χ0) is 20.0. The van der Waals surface area contributed by atoms with E-state index in [0.29, 0.717) is 24.9 Å². The second kappa shape index (κ2) is 9.22. The molecule has 2 amide bonds. The topological polar surface area (TPSA) is 95.5 Å². The smallest absolute Gasteiger partial charge is 0.311 e. The summed E-state index contributed by atoms with van der Waals surface area (Å²) in [5.74, 6) is -0.814. The predicted octanol–water partition coefficient (Wildman–Crippen LogP) is 3.26. The molecular weight excluding hydrogens is 356 g/mol. The van der Waals surface area contributed by atoms with E-state index in [-0.39, 0.29) is 24.3 Å². The number of rotatable bonds is 7. The van der Waals surface area contributed by atoms with Crippen LogP contribution in [0.15, 0.2) is 24.3 Å². The Bertz CT molecular complexity index is 702. The second-order valence-corrected chi connectivity index (χ2v) is 8.22. The Balaban J connectivity index is 1.50. The van der Waals surface area contributed by atoms with Crippen molar-refractivity contribution in [1.82, 2.24) is 10.6 Å². The number of amides is 2. The number of hydrogen-bond acceptors (Lipinski definition) is 3. The normalized spacial score (nSPS) is 19.1. The van der Waals surface area contributed by atoms with E-state index >= 15 is 0 Å². The van der Waals surface area contributed by atoms with E-state index in [1.807, 2.05) is 12.1 Å². The van der Waals surface area contributed by atoms with E-state index in [0.717, 1.165) is 50.5 Å². The Morgan fingerprint density at radius 3 is 2.18 bits per heavy atom. The van der Waals surface area contributed by atoms with Crippen molar-refractivity contribution in [3.63, 3.8) is 0 Å². The largest absolute Gasteiger partial charge is 0.481 e. The Labute approximate surface area is 166 Å². The maximum absolute atomic E-state index is 12.4. The summed E-state index contributed by atoms with van der Waals surface area (Å²) < 4.78 is 0. The first-order valence-electron chi connectivity index (χ1n) is 10.4. The highest BCUT2D eigenvalue weighted by Gasteiger charge is 2.39. The van der Waals surface area contributed by atoms with Gasteiger partial charge in [-0.1, -0.05) is 44.2 Å². The first-order valence-corrected chi connectivity index (χ1v) is 10.4. The van der Waals surface area contributed by atoms with Gasteiger partial charge in [0.15, 0.2) is 0 Å². The van der Waals surface area contributed by atoms with Gasteiger partial charge in [-0.15, -0.1) is 0 Å². The molecule has 0 atom stereocenters. The fourth-order valence-electron chi connectivity index (χ4n) is 4.34. The van der Waals surface area contributed by atoms with E-state index in [9.17, 15) is 19.5 Å². The molecule has 6 nitrogen and oxygen atoms in total. The second-order valence-electron chi connectivity index (χ2n) is 8.22. The minimum absolute atomic E-state index is 0.116. The molecule has 3 rings (SSSR count). The molecule has 28 heavy (non-hydrogen) atoms. The van der Waals surface area contributed by atoms with Crippen molar-refractivity contribution in [2.45, 2.75) is 64.3 Å². The van der Waals surface area contributed by atoms with Crippen LogP contribution in [-0.4, -0.2) is 29.4 Å². The average molecular weight is 386 g/mol. The molecule has 1 aromatic rings. The maximum Gasteiger partial charge on any atom is 0.311 e. The van der Waals surface area contributed by atoms with Gasteiger partial charge in [0.1, 0.15) is 0 Å². The fraction of sp³-hybridized carbons (Fsp3) is 0.591. The molecule has 2 aliphatic carbocycles. The lowest BCUT2D eigenvalue weighted by atomic mass is 9.74. The van der Waals surface area contributed by atoms with E-state index in [1.165, 1.54) is 0 Å². The molecule has 6 heteroatoms. The molecule has 0 saturated heterocycles. The number of nitrogens with one attached hydrogen (secondary N) is 2. The Kier molecular flexibility index (Phi) is 6.70. The van der Waals surface area contributed by atoms with E-state index in [1.54, 1.807) is 12.1 Å². The molecule has 0 heterocycles. The monoisotopic (exact) mass is 386 g/mol. The highest BCUT2D eigenvalue weighted by Crippen LogP contribution is 2.36. The van der Waals surface area contributed by atoms with Crippen molar-refractivity contribution in [3.8, 4) is 0 Å². The number of benzene rings is 1. The first kappa shape index (κ1) is 20.4. The van der Waals surface area contributed by atoms with Gasteiger partial charge >= 0.3 is 5.97 Å². The van der Waals surface area contributed by atoms with Crippen LogP contribution in [0.4, 0.5) is 0 Å². The van der Waals surface area contributed by atoms with Crippen molar-refractivity contribution < 1.29 is 19.5 Å². The van der Waals surface area contributed by atoms with Crippen LogP contribution in [-0.2, 0) is 16.1 Å². The van der Waals surface area contributed by atoms with Crippen LogP contribution in [0.3, 0.4) is 0 Å². The maximum atomic E-state index is 12.4. The summed E-state index contributed by atoms with van der Waals surface area (Å²) >= 11 is 0. The molecule has 0 unspecified atom stereocenters. The van der Waals surface area contributed by atoms with Gasteiger partial charge in [-0.05, 0) is 43.4 Å².